The van der Waals surface area contributed by atoms with Gasteiger partial charge in [0.25, 0.3) is 0 Å². The van der Waals surface area contributed by atoms with E-state index in [1.165, 1.54) is 18.4 Å². The monoisotopic (exact) mass is 275 g/mol. The third-order valence-electron chi connectivity index (χ3n) is 5.23. The van der Waals surface area contributed by atoms with Crippen LogP contribution < -0.4 is 5.73 Å². The van der Waals surface area contributed by atoms with E-state index in [4.69, 9.17) is 5.73 Å². The van der Waals surface area contributed by atoms with E-state index in [9.17, 15) is 5.11 Å². The van der Waals surface area contributed by atoms with Crippen molar-refractivity contribution in [3.05, 3.63) is 35.4 Å². The van der Waals surface area contributed by atoms with Gasteiger partial charge in [0.15, 0.2) is 0 Å². The summed E-state index contributed by atoms with van der Waals surface area (Å²) in [6, 6.07) is 8.44. The van der Waals surface area contributed by atoms with Crippen molar-refractivity contribution in [3.8, 4) is 0 Å². The molecule has 1 saturated carbocycles. The molecule has 0 aromatic heterocycles. The first-order valence-electron chi connectivity index (χ1n) is 8.00. The Kier molecular flexibility index (Phi) is 4.87. The number of rotatable bonds is 5. The zero-order chi connectivity index (χ0) is 14.8. The van der Waals surface area contributed by atoms with Crippen LogP contribution in [-0.2, 0) is 0 Å². The summed E-state index contributed by atoms with van der Waals surface area (Å²) in [4.78, 5) is 0. The molecule has 3 unspecified atom stereocenters. The molecule has 0 bridgehead atoms. The molecular weight excluding hydrogens is 246 g/mol. The summed E-state index contributed by atoms with van der Waals surface area (Å²) in [6.45, 7) is 7.20. The molecule has 2 heteroatoms. The van der Waals surface area contributed by atoms with Crippen LogP contribution >= 0.6 is 0 Å². The van der Waals surface area contributed by atoms with E-state index in [-0.39, 0.29) is 5.41 Å². The summed E-state index contributed by atoms with van der Waals surface area (Å²) >= 11 is 0. The molecule has 112 valence electrons. The lowest BCUT2D eigenvalue weighted by molar-refractivity contribution is 0.0301. The Hall–Kier alpha value is -0.860. The Bertz CT molecular complexity index is 426. The van der Waals surface area contributed by atoms with Gasteiger partial charge in [-0.15, -0.1) is 0 Å². The van der Waals surface area contributed by atoms with E-state index in [1.807, 2.05) is 0 Å². The first kappa shape index (κ1) is 15.5. The van der Waals surface area contributed by atoms with Gasteiger partial charge >= 0.3 is 0 Å². The van der Waals surface area contributed by atoms with Gasteiger partial charge in [0.05, 0.1) is 6.10 Å². The molecule has 0 radical (unpaired) electrons. The molecule has 1 aromatic carbocycles. The van der Waals surface area contributed by atoms with Crippen LogP contribution in [0.1, 0.15) is 69.6 Å². The Labute approximate surface area is 123 Å². The smallest absolute Gasteiger partial charge is 0.0858 e. The highest BCUT2D eigenvalue weighted by molar-refractivity contribution is 5.27. The summed E-state index contributed by atoms with van der Waals surface area (Å²) in [7, 11) is 0. The number of nitrogens with two attached hydrogens (primary N) is 1. The van der Waals surface area contributed by atoms with Crippen molar-refractivity contribution >= 4 is 0 Å². The second kappa shape index (κ2) is 6.28. The normalized spacial score (nSPS) is 28.0. The number of aliphatic hydroxyl groups is 1. The van der Waals surface area contributed by atoms with Gasteiger partial charge in [-0.2, -0.15) is 0 Å². The third-order valence-corrected chi connectivity index (χ3v) is 5.23. The molecule has 1 aliphatic carbocycles. The summed E-state index contributed by atoms with van der Waals surface area (Å²) in [5, 5.41) is 10.8. The van der Waals surface area contributed by atoms with Crippen molar-refractivity contribution in [2.45, 2.75) is 58.5 Å². The zero-order valence-electron chi connectivity index (χ0n) is 13.1. The molecule has 1 aliphatic rings. The van der Waals surface area contributed by atoms with Gasteiger partial charge in [0.1, 0.15) is 0 Å². The number of hydrogen-bond acceptors (Lipinski definition) is 2. The van der Waals surface area contributed by atoms with Crippen LogP contribution in [0.15, 0.2) is 24.3 Å². The molecule has 2 nitrogen and oxygen atoms in total. The third kappa shape index (κ3) is 2.91. The molecule has 0 saturated heterocycles. The second-order valence-corrected chi connectivity index (χ2v) is 6.81. The van der Waals surface area contributed by atoms with Crippen molar-refractivity contribution in [1.29, 1.82) is 0 Å². The molecule has 0 heterocycles. The molecule has 1 aromatic rings. The fourth-order valence-electron chi connectivity index (χ4n) is 3.58. The van der Waals surface area contributed by atoms with Crippen molar-refractivity contribution in [1.82, 2.24) is 0 Å². The van der Waals surface area contributed by atoms with Crippen LogP contribution in [0.25, 0.3) is 0 Å². The van der Waals surface area contributed by atoms with Crippen molar-refractivity contribution in [3.63, 3.8) is 0 Å². The van der Waals surface area contributed by atoms with Gasteiger partial charge in [-0.25, -0.2) is 0 Å². The lowest BCUT2D eigenvalue weighted by atomic mass is 9.76. The van der Waals surface area contributed by atoms with Gasteiger partial charge in [0, 0.05) is 12.0 Å². The molecule has 0 aliphatic heterocycles. The molecule has 3 N–H and O–H groups in total. The van der Waals surface area contributed by atoms with Crippen molar-refractivity contribution < 1.29 is 5.11 Å². The molecule has 1 fully saturated rings. The number of aliphatic hydroxyl groups excluding tert-OH is 1. The van der Waals surface area contributed by atoms with E-state index < -0.39 is 6.10 Å². The van der Waals surface area contributed by atoms with Crippen molar-refractivity contribution in [2.75, 3.05) is 6.54 Å². The highest BCUT2D eigenvalue weighted by atomic mass is 16.3. The van der Waals surface area contributed by atoms with Gasteiger partial charge in [-0.3, -0.25) is 0 Å². The average Bonchev–Trinajstić information content (AvgIpc) is 2.91. The molecule has 0 amide bonds. The van der Waals surface area contributed by atoms with Crippen LogP contribution in [0.5, 0.6) is 0 Å². The number of hydrogen-bond donors (Lipinski definition) is 2. The maximum atomic E-state index is 10.8. The van der Waals surface area contributed by atoms with E-state index in [0.717, 1.165) is 24.3 Å². The topological polar surface area (TPSA) is 46.2 Å². The minimum atomic E-state index is -0.426. The largest absolute Gasteiger partial charge is 0.388 e. The highest BCUT2D eigenvalue weighted by Gasteiger charge is 2.43. The fourth-order valence-corrected chi connectivity index (χ4v) is 3.58. The Balaban J connectivity index is 2.18. The predicted octanol–water partition coefficient (Wildman–Crippen LogP) is 4.00. The Morgan fingerprint density at radius 1 is 1.25 bits per heavy atom. The average molecular weight is 275 g/mol. The SMILES string of the molecule is CCC1CCC(CN)(C(O)c2ccc(C(C)C)cc2)C1. The lowest BCUT2D eigenvalue weighted by Crippen LogP contribution is -2.34. The molecule has 20 heavy (non-hydrogen) atoms. The minimum absolute atomic E-state index is 0.111. The molecule has 0 spiro atoms. The minimum Gasteiger partial charge on any atom is -0.388 e. The molecule has 2 rings (SSSR count). The van der Waals surface area contributed by atoms with Crippen molar-refractivity contribution in [2.24, 2.45) is 17.1 Å². The van der Waals surface area contributed by atoms with E-state index in [2.05, 4.69) is 45.0 Å². The van der Waals surface area contributed by atoms with E-state index in [1.54, 1.807) is 0 Å². The summed E-state index contributed by atoms with van der Waals surface area (Å²) < 4.78 is 0. The second-order valence-electron chi connectivity index (χ2n) is 6.81. The first-order valence-corrected chi connectivity index (χ1v) is 8.00. The Morgan fingerprint density at radius 3 is 2.30 bits per heavy atom. The maximum absolute atomic E-state index is 10.8. The van der Waals surface area contributed by atoms with Gasteiger partial charge in [-0.05, 0) is 42.2 Å². The van der Waals surface area contributed by atoms with Crippen LogP contribution in [0.2, 0.25) is 0 Å². The standard InChI is InChI=1S/C18H29NO/c1-4-14-9-10-18(11-14,12-19)17(20)16-7-5-15(6-8-16)13(2)3/h5-8,13-14,17,20H,4,9-12,19H2,1-3H3. The summed E-state index contributed by atoms with van der Waals surface area (Å²) in [5.41, 5.74) is 8.28. The molecular formula is C18H29NO. The summed E-state index contributed by atoms with van der Waals surface area (Å²) in [5.74, 6) is 1.25. The predicted molar refractivity (Wildman–Crippen MR) is 84.6 cm³/mol. The Morgan fingerprint density at radius 2 is 1.85 bits per heavy atom. The van der Waals surface area contributed by atoms with Crippen LogP contribution in [-0.4, -0.2) is 11.7 Å². The molecule has 3 atom stereocenters. The van der Waals surface area contributed by atoms with Gasteiger partial charge < -0.3 is 10.8 Å². The fraction of sp³-hybridized carbons (Fsp3) is 0.667. The van der Waals surface area contributed by atoms with Crippen LogP contribution in [0.4, 0.5) is 0 Å². The number of benzene rings is 1. The summed E-state index contributed by atoms with van der Waals surface area (Å²) in [6.07, 6.45) is 4.09. The van der Waals surface area contributed by atoms with Crippen LogP contribution in [0, 0.1) is 11.3 Å². The quantitative estimate of drug-likeness (QED) is 0.853. The maximum Gasteiger partial charge on any atom is 0.0858 e. The van der Waals surface area contributed by atoms with Gasteiger partial charge in [0.2, 0.25) is 0 Å². The lowest BCUT2D eigenvalue weighted by Gasteiger charge is -2.34. The zero-order valence-corrected chi connectivity index (χ0v) is 13.1. The highest BCUT2D eigenvalue weighted by Crippen LogP contribution is 2.50. The first-order chi connectivity index (χ1) is 9.52. The van der Waals surface area contributed by atoms with Gasteiger partial charge in [-0.1, -0.05) is 51.5 Å². The van der Waals surface area contributed by atoms with E-state index >= 15 is 0 Å². The van der Waals surface area contributed by atoms with Crippen LogP contribution in [0.3, 0.4) is 0 Å². The van der Waals surface area contributed by atoms with E-state index in [0.29, 0.717) is 12.5 Å².